The summed E-state index contributed by atoms with van der Waals surface area (Å²) in [5.74, 6) is 4.06. The van der Waals surface area contributed by atoms with Crippen LogP contribution in [0.25, 0.3) is 0 Å². The van der Waals surface area contributed by atoms with Crippen molar-refractivity contribution in [3.63, 3.8) is 0 Å². The van der Waals surface area contributed by atoms with Gasteiger partial charge in [-0.2, -0.15) is 0 Å². The van der Waals surface area contributed by atoms with E-state index in [4.69, 9.17) is 9.05 Å². The summed E-state index contributed by atoms with van der Waals surface area (Å²) in [6.45, 7) is 4.55. The number of hydrogen-bond acceptors (Lipinski definition) is 21. The third-order valence-electron chi connectivity index (χ3n) is 5.64. The van der Waals surface area contributed by atoms with Crippen LogP contribution in [0.4, 0.5) is 0 Å². The van der Waals surface area contributed by atoms with Crippen molar-refractivity contribution in [1.82, 2.24) is 0 Å². The second-order valence-electron chi connectivity index (χ2n) is 8.72. The van der Waals surface area contributed by atoms with Crippen LogP contribution in [0.3, 0.4) is 0 Å². The third kappa shape index (κ3) is 12.8. The topological polar surface area (TPSA) is 35.5 Å². The quantitative estimate of drug-likeness (QED) is 0.0909. The first-order valence-corrected chi connectivity index (χ1v) is 33.1. The van der Waals surface area contributed by atoms with Gasteiger partial charge in [-0.1, -0.05) is 118 Å². The zero-order valence-electron chi connectivity index (χ0n) is 27.0. The SMILES string of the molecule is CCOP(=O)(OCC)C1SC(SCCSC2=CSC(=C3SC(SC)=C(SC)S3)S2)=C(SCCSC2=CSC(=C3SC(SC)=C(SC)S3)S2)S1. The second kappa shape index (κ2) is 23.3. The Morgan fingerprint density at radius 2 is 0.918 bits per heavy atom. The zero-order valence-corrected chi connectivity index (χ0v) is 42.6. The first kappa shape index (κ1) is 44.7. The molecule has 5 aliphatic heterocycles. The van der Waals surface area contributed by atoms with Gasteiger partial charge >= 0.3 is 7.60 Å². The van der Waals surface area contributed by atoms with Crippen molar-refractivity contribution in [2.75, 3.05) is 61.2 Å². The molecule has 5 aliphatic rings. The van der Waals surface area contributed by atoms with Gasteiger partial charge in [0.25, 0.3) is 0 Å². The third-order valence-corrected chi connectivity index (χ3v) is 34.4. The van der Waals surface area contributed by atoms with Gasteiger partial charge in [0.1, 0.15) is 0 Å². The molecular formula is C27H33O3PS18. The van der Waals surface area contributed by atoms with Crippen LogP contribution in [-0.4, -0.2) is 65.6 Å². The maximum Gasteiger partial charge on any atom is 0.354 e. The normalized spacial score (nSPS) is 20.8. The van der Waals surface area contributed by atoms with Crippen LogP contribution in [0.1, 0.15) is 13.8 Å². The molecule has 0 atom stereocenters. The standard InChI is InChI=1S/C27H33O3PS18/c1-7-29-31(28,30-8-2)27-48-21(38-11-9-36-15-13-40-23(42-15)25-44-17(32-3)18(33-4)45-25)22(49-27)39-12-10-37-16-14-41-24(43-16)26-46-19(34-5)20(35-6)47-26/h13-14,27H,7-12H2,1-6H3. The Morgan fingerprint density at radius 1 is 0.551 bits per heavy atom. The van der Waals surface area contributed by atoms with E-state index in [0.29, 0.717) is 13.2 Å². The summed E-state index contributed by atoms with van der Waals surface area (Å²) >= 11 is 33.7. The molecule has 0 aromatic rings. The molecule has 0 spiro atoms. The van der Waals surface area contributed by atoms with Crippen LogP contribution in [0.5, 0.6) is 0 Å². The van der Waals surface area contributed by atoms with E-state index in [1.54, 1.807) is 23.5 Å². The number of hydrogen-bond donors (Lipinski definition) is 0. The minimum absolute atomic E-state index is 0.255. The molecule has 0 bridgehead atoms. The van der Waals surface area contributed by atoms with Crippen LogP contribution >= 0.6 is 219 Å². The van der Waals surface area contributed by atoms with Gasteiger partial charge in [0.05, 0.1) is 64.1 Å². The number of rotatable bonds is 19. The average Bonchev–Trinajstić information content (AvgIpc) is 3.94. The van der Waals surface area contributed by atoms with Crippen molar-refractivity contribution in [2.24, 2.45) is 0 Å². The van der Waals surface area contributed by atoms with E-state index in [-0.39, 0.29) is 4.32 Å². The van der Waals surface area contributed by atoms with Crippen molar-refractivity contribution in [3.8, 4) is 0 Å². The summed E-state index contributed by atoms with van der Waals surface area (Å²) < 4.78 is 41.7. The van der Waals surface area contributed by atoms with E-state index in [2.05, 4.69) is 35.8 Å². The Morgan fingerprint density at radius 3 is 1.27 bits per heavy atom. The Labute approximate surface area is 368 Å². The second-order valence-corrected chi connectivity index (χ2v) is 32.9. The Bertz CT molecular complexity index is 1360. The summed E-state index contributed by atoms with van der Waals surface area (Å²) in [6.07, 6.45) is 8.68. The van der Waals surface area contributed by atoms with E-state index >= 15 is 0 Å². The van der Waals surface area contributed by atoms with Gasteiger partial charge in [-0.3, -0.25) is 4.57 Å². The zero-order chi connectivity index (χ0) is 34.8. The Balaban J connectivity index is 1.11. The van der Waals surface area contributed by atoms with Crippen LogP contribution in [-0.2, 0) is 13.6 Å². The summed E-state index contributed by atoms with van der Waals surface area (Å²) in [6, 6.07) is 0. The Hall–Kier alpha value is 4.63. The molecule has 22 heteroatoms. The maximum absolute atomic E-state index is 13.8. The molecule has 0 aliphatic carbocycles. The van der Waals surface area contributed by atoms with E-state index in [0.717, 1.165) is 23.0 Å². The predicted molar refractivity (Wildman–Crippen MR) is 266 cm³/mol. The summed E-state index contributed by atoms with van der Waals surface area (Å²) in [5, 5.41) is 4.63. The highest BCUT2D eigenvalue weighted by atomic mass is 32.3. The lowest BCUT2D eigenvalue weighted by Gasteiger charge is -2.21. The molecule has 49 heavy (non-hydrogen) atoms. The molecular weight excluding hydrogens is 980 g/mol. The highest BCUT2D eigenvalue weighted by Gasteiger charge is 2.43. The average molecular weight is 1010 g/mol. The van der Waals surface area contributed by atoms with Gasteiger partial charge in [0.15, 0.2) is 4.32 Å². The molecule has 5 rings (SSSR count). The monoisotopic (exact) mass is 1010 g/mol. The molecule has 0 aromatic heterocycles. The fraction of sp³-hybridized carbons (Fsp3) is 0.481. The van der Waals surface area contributed by atoms with Gasteiger partial charge in [-0.05, 0) is 49.7 Å². The van der Waals surface area contributed by atoms with Crippen molar-refractivity contribution < 1.29 is 13.6 Å². The highest BCUT2D eigenvalue weighted by Crippen LogP contribution is 2.70. The lowest BCUT2D eigenvalue weighted by Crippen LogP contribution is -2.04. The lowest BCUT2D eigenvalue weighted by atomic mass is 10.9. The molecule has 0 amide bonds. The van der Waals surface area contributed by atoms with E-state index in [1.807, 2.05) is 202 Å². The van der Waals surface area contributed by atoms with Gasteiger partial charge in [-0.15, -0.1) is 94.1 Å². The first-order valence-electron chi connectivity index (χ1n) is 14.3. The molecule has 0 aromatic carbocycles. The van der Waals surface area contributed by atoms with Crippen molar-refractivity contribution in [3.05, 3.63) is 61.7 Å². The Kier molecular flexibility index (Phi) is 21.3. The molecule has 0 saturated heterocycles. The van der Waals surface area contributed by atoms with Crippen molar-refractivity contribution in [1.29, 1.82) is 0 Å². The lowest BCUT2D eigenvalue weighted by molar-refractivity contribution is 0.223. The van der Waals surface area contributed by atoms with Gasteiger partial charge in [-0.25, -0.2) is 0 Å². The number of thioether (sulfide) groups is 18. The van der Waals surface area contributed by atoms with E-state index in [9.17, 15) is 4.57 Å². The molecule has 272 valence electrons. The molecule has 0 N–H and O–H groups in total. The predicted octanol–water partition coefficient (Wildman–Crippen LogP) is 16.6. The highest BCUT2D eigenvalue weighted by molar-refractivity contribution is 8.44. The molecule has 3 nitrogen and oxygen atoms in total. The minimum atomic E-state index is -3.23. The van der Waals surface area contributed by atoms with Crippen LogP contribution in [0, 0.1) is 0 Å². The van der Waals surface area contributed by atoms with Gasteiger partial charge < -0.3 is 9.05 Å². The molecule has 5 heterocycles. The van der Waals surface area contributed by atoms with E-state index in [1.165, 1.54) is 50.8 Å². The molecule has 0 saturated carbocycles. The van der Waals surface area contributed by atoms with Crippen molar-refractivity contribution >= 4 is 219 Å². The van der Waals surface area contributed by atoms with Crippen LogP contribution in [0.2, 0.25) is 0 Å². The summed E-state index contributed by atoms with van der Waals surface area (Å²) in [7, 11) is -3.23. The molecule has 0 radical (unpaired) electrons. The smallest absolute Gasteiger partial charge is 0.307 e. The van der Waals surface area contributed by atoms with E-state index < -0.39 is 7.60 Å². The van der Waals surface area contributed by atoms with Crippen molar-refractivity contribution in [2.45, 2.75) is 18.2 Å². The maximum atomic E-state index is 13.8. The summed E-state index contributed by atoms with van der Waals surface area (Å²) in [5.41, 5.74) is 0. The van der Waals surface area contributed by atoms with Crippen LogP contribution in [0.15, 0.2) is 61.7 Å². The summed E-state index contributed by atoms with van der Waals surface area (Å²) in [4.78, 5) is 0. The first-order chi connectivity index (χ1) is 23.8. The molecule has 0 unspecified atom stereocenters. The van der Waals surface area contributed by atoms with Gasteiger partial charge in [0.2, 0.25) is 0 Å². The largest absolute Gasteiger partial charge is 0.354 e. The van der Waals surface area contributed by atoms with Gasteiger partial charge in [0, 0.05) is 23.0 Å². The fourth-order valence-electron chi connectivity index (χ4n) is 3.69. The molecule has 0 fully saturated rings. The fourth-order valence-corrected chi connectivity index (χ4v) is 31.5. The minimum Gasteiger partial charge on any atom is -0.307 e. The van der Waals surface area contributed by atoms with Crippen LogP contribution < -0.4 is 0 Å².